The van der Waals surface area contributed by atoms with Crippen LogP contribution in [0.4, 0.5) is 0 Å². The summed E-state index contributed by atoms with van der Waals surface area (Å²) < 4.78 is 0. The molecule has 1 saturated carbocycles. The van der Waals surface area contributed by atoms with Crippen LogP contribution in [-0.2, 0) is 4.79 Å². The molecule has 0 radical (unpaired) electrons. The Morgan fingerprint density at radius 2 is 2.00 bits per heavy atom. The molecule has 0 aliphatic heterocycles. The SMILES string of the molecule is C#CCC(=O)C1(O)CCCCC1. The molecule has 0 spiro atoms. The van der Waals surface area contributed by atoms with Crippen LogP contribution in [-0.4, -0.2) is 16.5 Å². The first-order chi connectivity index (χ1) is 5.69. The highest BCUT2D eigenvalue weighted by Gasteiger charge is 2.35. The monoisotopic (exact) mass is 166 g/mol. The highest BCUT2D eigenvalue weighted by Crippen LogP contribution is 2.29. The summed E-state index contributed by atoms with van der Waals surface area (Å²) in [6, 6.07) is 0. The van der Waals surface area contributed by atoms with Gasteiger partial charge in [-0.3, -0.25) is 4.79 Å². The zero-order valence-corrected chi connectivity index (χ0v) is 7.18. The molecular weight excluding hydrogens is 152 g/mol. The third-order valence-electron chi connectivity index (χ3n) is 2.46. The Bertz CT molecular complexity index is 206. The van der Waals surface area contributed by atoms with Crippen molar-refractivity contribution in [1.29, 1.82) is 0 Å². The third-order valence-corrected chi connectivity index (χ3v) is 2.46. The van der Waals surface area contributed by atoms with Crippen molar-refractivity contribution >= 4 is 5.78 Å². The van der Waals surface area contributed by atoms with E-state index in [2.05, 4.69) is 5.92 Å². The van der Waals surface area contributed by atoms with Crippen LogP contribution in [0.2, 0.25) is 0 Å². The first-order valence-corrected chi connectivity index (χ1v) is 4.38. The van der Waals surface area contributed by atoms with Gasteiger partial charge in [-0.05, 0) is 12.8 Å². The van der Waals surface area contributed by atoms with Gasteiger partial charge in [0.05, 0.1) is 6.42 Å². The predicted molar refractivity (Wildman–Crippen MR) is 46.5 cm³/mol. The maximum atomic E-state index is 11.3. The van der Waals surface area contributed by atoms with E-state index in [1.807, 2.05) is 0 Å². The summed E-state index contributed by atoms with van der Waals surface area (Å²) in [7, 11) is 0. The lowest BCUT2D eigenvalue weighted by atomic mass is 9.81. The van der Waals surface area contributed by atoms with E-state index in [0.29, 0.717) is 12.8 Å². The molecule has 12 heavy (non-hydrogen) atoms. The van der Waals surface area contributed by atoms with Crippen molar-refractivity contribution in [2.75, 3.05) is 0 Å². The third kappa shape index (κ3) is 1.86. The zero-order valence-electron chi connectivity index (χ0n) is 7.18. The topological polar surface area (TPSA) is 37.3 Å². The summed E-state index contributed by atoms with van der Waals surface area (Å²) in [5, 5.41) is 9.83. The zero-order chi connectivity index (χ0) is 9.03. The van der Waals surface area contributed by atoms with Crippen molar-refractivity contribution in [2.24, 2.45) is 0 Å². The molecule has 0 unspecified atom stereocenters. The number of carbonyl (C=O) groups is 1. The van der Waals surface area contributed by atoms with Crippen LogP contribution >= 0.6 is 0 Å². The van der Waals surface area contributed by atoms with E-state index in [9.17, 15) is 9.90 Å². The summed E-state index contributed by atoms with van der Waals surface area (Å²) in [5.74, 6) is 2.10. The normalized spacial score (nSPS) is 21.3. The van der Waals surface area contributed by atoms with Crippen molar-refractivity contribution in [3.8, 4) is 12.3 Å². The van der Waals surface area contributed by atoms with Gasteiger partial charge in [-0.1, -0.05) is 25.2 Å². The van der Waals surface area contributed by atoms with Crippen LogP contribution in [0.25, 0.3) is 0 Å². The molecule has 0 atom stereocenters. The van der Waals surface area contributed by atoms with E-state index in [0.717, 1.165) is 19.3 Å². The van der Waals surface area contributed by atoms with E-state index >= 15 is 0 Å². The van der Waals surface area contributed by atoms with Gasteiger partial charge in [-0.25, -0.2) is 0 Å². The number of hydrogen-bond donors (Lipinski definition) is 1. The maximum absolute atomic E-state index is 11.3. The van der Waals surface area contributed by atoms with Gasteiger partial charge in [0.1, 0.15) is 5.60 Å². The molecule has 1 aliphatic rings. The van der Waals surface area contributed by atoms with Gasteiger partial charge in [0.2, 0.25) is 0 Å². The van der Waals surface area contributed by atoms with Crippen LogP contribution < -0.4 is 0 Å². The molecule has 0 saturated heterocycles. The largest absolute Gasteiger partial charge is 0.382 e. The Labute approximate surface area is 73.0 Å². The fraction of sp³-hybridized carbons (Fsp3) is 0.700. The minimum absolute atomic E-state index is 0.0660. The van der Waals surface area contributed by atoms with Crippen molar-refractivity contribution in [3.05, 3.63) is 0 Å². The Balaban J connectivity index is 2.57. The van der Waals surface area contributed by atoms with E-state index in [4.69, 9.17) is 6.42 Å². The van der Waals surface area contributed by atoms with Crippen molar-refractivity contribution in [1.82, 2.24) is 0 Å². The molecule has 2 heteroatoms. The maximum Gasteiger partial charge on any atom is 0.176 e. The van der Waals surface area contributed by atoms with Crippen LogP contribution in [0.3, 0.4) is 0 Å². The van der Waals surface area contributed by atoms with E-state index in [-0.39, 0.29) is 12.2 Å². The lowest BCUT2D eigenvalue weighted by Crippen LogP contribution is -2.40. The van der Waals surface area contributed by atoms with Crippen LogP contribution in [0.1, 0.15) is 38.5 Å². The Morgan fingerprint density at radius 3 is 2.50 bits per heavy atom. The fourth-order valence-corrected chi connectivity index (χ4v) is 1.67. The molecule has 1 aliphatic carbocycles. The second kappa shape index (κ2) is 3.73. The molecule has 0 aromatic carbocycles. The Kier molecular flexibility index (Phi) is 2.88. The standard InChI is InChI=1S/C10H14O2/c1-2-6-9(11)10(12)7-4-3-5-8-10/h1,12H,3-8H2. The van der Waals surface area contributed by atoms with Crippen LogP contribution in [0.5, 0.6) is 0 Å². The summed E-state index contributed by atoms with van der Waals surface area (Å²) in [6.45, 7) is 0. The number of aliphatic hydroxyl groups is 1. The first-order valence-electron chi connectivity index (χ1n) is 4.38. The molecule has 0 heterocycles. The molecule has 1 rings (SSSR count). The molecule has 0 aromatic rings. The highest BCUT2D eigenvalue weighted by atomic mass is 16.3. The summed E-state index contributed by atoms with van der Waals surface area (Å²) in [6.07, 6.45) is 9.25. The van der Waals surface area contributed by atoms with Gasteiger partial charge in [0.15, 0.2) is 5.78 Å². The van der Waals surface area contributed by atoms with E-state index < -0.39 is 5.60 Å². The van der Waals surface area contributed by atoms with Gasteiger partial charge in [0.25, 0.3) is 0 Å². The van der Waals surface area contributed by atoms with Gasteiger partial charge in [-0.15, -0.1) is 6.42 Å². The minimum Gasteiger partial charge on any atom is -0.382 e. The summed E-state index contributed by atoms with van der Waals surface area (Å²) in [5.41, 5.74) is -1.09. The van der Waals surface area contributed by atoms with Crippen molar-refractivity contribution in [3.63, 3.8) is 0 Å². The highest BCUT2D eigenvalue weighted by molar-refractivity contribution is 5.88. The Hall–Kier alpha value is -0.810. The molecule has 0 bridgehead atoms. The van der Waals surface area contributed by atoms with Crippen molar-refractivity contribution in [2.45, 2.75) is 44.1 Å². The van der Waals surface area contributed by atoms with Gasteiger partial charge in [-0.2, -0.15) is 0 Å². The van der Waals surface area contributed by atoms with Crippen molar-refractivity contribution < 1.29 is 9.90 Å². The van der Waals surface area contributed by atoms with Gasteiger partial charge < -0.3 is 5.11 Å². The number of rotatable bonds is 2. The Morgan fingerprint density at radius 1 is 1.42 bits per heavy atom. The van der Waals surface area contributed by atoms with Gasteiger partial charge >= 0.3 is 0 Å². The number of carbonyl (C=O) groups excluding carboxylic acids is 1. The minimum atomic E-state index is -1.09. The van der Waals surface area contributed by atoms with E-state index in [1.54, 1.807) is 0 Å². The molecule has 66 valence electrons. The number of terminal acetylenes is 1. The second-order valence-electron chi connectivity index (χ2n) is 3.40. The van der Waals surface area contributed by atoms with Gasteiger partial charge in [0, 0.05) is 0 Å². The van der Waals surface area contributed by atoms with Crippen LogP contribution in [0.15, 0.2) is 0 Å². The molecule has 0 amide bonds. The average Bonchev–Trinajstić information content (AvgIpc) is 2.06. The quantitative estimate of drug-likeness (QED) is 0.627. The molecule has 1 N–H and O–H groups in total. The fourth-order valence-electron chi connectivity index (χ4n) is 1.67. The number of Topliss-reactive ketones (excluding diaryl/α,β-unsaturated/α-hetero) is 1. The molecule has 0 aromatic heterocycles. The first kappa shape index (κ1) is 9.28. The average molecular weight is 166 g/mol. The lowest BCUT2D eigenvalue weighted by molar-refractivity contribution is -0.139. The molecule has 2 nitrogen and oxygen atoms in total. The number of ketones is 1. The lowest BCUT2D eigenvalue weighted by Gasteiger charge is -2.29. The molecule has 1 fully saturated rings. The smallest absolute Gasteiger partial charge is 0.176 e. The van der Waals surface area contributed by atoms with E-state index in [1.165, 1.54) is 0 Å². The summed E-state index contributed by atoms with van der Waals surface area (Å²) in [4.78, 5) is 11.3. The predicted octanol–water partition coefficient (Wildman–Crippen LogP) is 1.27. The second-order valence-corrected chi connectivity index (χ2v) is 3.40. The van der Waals surface area contributed by atoms with Crippen LogP contribution in [0, 0.1) is 12.3 Å². The summed E-state index contributed by atoms with van der Waals surface area (Å²) >= 11 is 0. The molecular formula is C10H14O2. The number of hydrogen-bond acceptors (Lipinski definition) is 2.